The number of fused-ring (bicyclic) bond motifs is 2. The normalized spacial score (nSPS) is 22.8. The lowest BCUT2D eigenvalue weighted by molar-refractivity contribution is 0.126. The van der Waals surface area contributed by atoms with E-state index in [9.17, 15) is 9.90 Å². The summed E-state index contributed by atoms with van der Waals surface area (Å²) in [5.41, 5.74) is 2.85. The molecule has 0 bridgehead atoms. The Labute approximate surface area is 255 Å². The maximum atomic E-state index is 12.9. The molecular weight excluding hydrogens is 533 g/mol. The minimum absolute atomic E-state index is 0.208. The molecule has 1 saturated carbocycles. The summed E-state index contributed by atoms with van der Waals surface area (Å²) >= 11 is 0. The van der Waals surface area contributed by atoms with Crippen molar-refractivity contribution in [1.29, 1.82) is 0 Å². The highest BCUT2D eigenvalue weighted by Crippen LogP contribution is 2.56. The van der Waals surface area contributed by atoms with Crippen LogP contribution in [0, 0.1) is 23.7 Å². The Hall–Kier alpha value is -2.40. The molecule has 0 aliphatic heterocycles. The van der Waals surface area contributed by atoms with Gasteiger partial charge in [-0.05, 0) is 101 Å². The second-order valence-corrected chi connectivity index (χ2v) is 17.8. The Bertz CT molecular complexity index is 1230. The number of aliphatic hydroxyl groups is 1. The lowest BCUT2D eigenvalue weighted by Gasteiger charge is -2.44. The average Bonchev–Trinajstić information content (AvgIpc) is 3.33. The number of hydrogen-bond acceptors (Lipinski definition) is 3. The number of benzene rings is 3. The monoisotopic (exact) mass is 584 g/mol. The van der Waals surface area contributed by atoms with Crippen molar-refractivity contribution >= 4 is 18.7 Å². The van der Waals surface area contributed by atoms with Crippen LogP contribution < -0.4 is 15.1 Å². The van der Waals surface area contributed by atoms with Crippen molar-refractivity contribution in [3.05, 3.63) is 90.0 Å². The minimum Gasteiger partial charge on any atom is -0.496 e. The molecule has 2 aliphatic carbocycles. The lowest BCUT2D eigenvalue weighted by atomic mass is 9.72. The third kappa shape index (κ3) is 6.27. The first-order valence-corrected chi connectivity index (χ1v) is 18.4. The highest BCUT2D eigenvalue weighted by molar-refractivity contribution is 6.98. The zero-order valence-corrected chi connectivity index (χ0v) is 27.3. The molecule has 4 heteroatoms. The third-order valence-corrected chi connectivity index (χ3v) is 15.3. The van der Waals surface area contributed by atoms with Gasteiger partial charge in [0.05, 0.1) is 13.2 Å². The topological polar surface area (TPSA) is 49.7 Å². The van der Waals surface area contributed by atoms with Crippen LogP contribution in [0.15, 0.2) is 78.9 Å². The predicted molar refractivity (Wildman–Crippen MR) is 177 cm³/mol. The van der Waals surface area contributed by atoms with E-state index in [1.54, 1.807) is 7.11 Å². The molecule has 3 nitrogen and oxygen atoms in total. The van der Waals surface area contributed by atoms with Gasteiger partial charge in [0.1, 0.15) is 5.75 Å². The second-order valence-electron chi connectivity index (χ2n) is 13.8. The zero-order valence-electron chi connectivity index (χ0n) is 26.3. The molecule has 0 amide bonds. The average molecular weight is 585 g/mol. The fraction of sp³-hybridized carbons (Fsp3) is 0.526. The van der Waals surface area contributed by atoms with Gasteiger partial charge in [-0.3, -0.25) is 0 Å². The lowest BCUT2D eigenvalue weighted by Crippen LogP contribution is -2.65. The first-order valence-electron chi connectivity index (χ1n) is 16.4. The molecule has 0 spiro atoms. The van der Waals surface area contributed by atoms with Crippen molar-refractivity contribution in [3.8, 4) is 5.75 Å². The number of hydrogen-bond donors (Lipinski definition) is 2. The molecule has 226 valence electrons. The maximum Gasteiger partial charge on any atom is 0.258 e. The smallest absolute Gasteiger partial charge is 0.258 e. The summed E-state index contributed by atoms with van der Waals surface area (Å²) in [6.07, 6.45) is 10.5. The van der Waals surface area contributed by atoms with Gasteiger partial charge in [0.15, 0.2) is 0 Å². The summed E-state index contributed by atoms with van der Waals surface area (Å²) in [7, 11) is -1.29. The van der Waals surface area contributed by atoms with E-state index >= 15 is 0 Å². The van der Waals surface area contributed by atoms with Crippen LogP contribution in [0.4, 0.5) is 0 Å². The van der Waals surface area contributed by atoms with Crippen LogP contribution in [-0.2, 0) is 12.8 Å². The second kappa shape index (κ2) is 13.5. The van der Waals surface area contributed by atoms with E-state index in [-0.39, 0.29) is 11.1 Å². The fourth-order valence-electron chi connectivity index (χ4n) is 8.69. The van der Waals surface area contributed by atoms with E-state index < -0.39 is 8.32 Å². The Morgan fingerprint density at radius 1 is 0.881 bits per heavy atom. The van der Waals surface area contributed by atoms with E-state index in [4.69, 9.17) is 4.74 Å². The van der Waals surface area contributed by atoms with Crippen LogP contribution in [0.1, 0.15) is 83.3 Å². The third-order valence-electron chi connectivity index (χ3n) is 10.8. The quantitative estimate of drug-likeness (QED) is 0.164. The minimum atomic E-state index is -3.09. The van der Waals surface area contributed by atoms with E-state index in [1.807, 2.05) is 12.1 Å². The number of unbranched alkanes of at least 4 members (excludes halogenated alkanes) is 2. The Balaban J connectivity index is 1.45. The molecule has 0 saturated heterocycles. The van der Waals surface area contributed by atoms with Crippen LogP contribution in [0.2, 0.25) is 5.04 Å². The highest BCUT2D eigenvalue weighted by atomic mass is 28.4. The SMILES string of the molecule is CCCCC[C@H](O)CC[C@H]1[C@H](CC(C)(C)[Si](O)(c2ccccc2)c2ccccc2)C[C@@H]2Cc3c(cccc3OC)C[C@@H]21. The van der Waals surface area contributed by atoms with Crippen LogP contribution in [0.5, 0.6) is 5.75 Å². The van der Waals surface area contributed by atoms with Crippen LogP contribution in [0.25, 0.3) is 0 Å². The Kier molecular flexibility index (Phi) is 9.97. The predicted octanol–water partition coefficient (Wildman–Crippen LogP) is 7.31. The summed E-state index contributed by atoms with van der Waals surface area (Å²) in [6.45, 7) is 6.88. The van der Waals surface area contributed by atoms with Crippen molar-refractivity contribution in [2.75, 3.05) is 7.11 Å². The molecule has 0 heterocycles. The molecule has 5 atom stereocenters. The number of ether oxygens (including phenoxy) is 1. The zero-order chi connectivity index (χ0) is 29.7. The standard InChI is InChI=1S/C38H52O3Si/c1-5-6-9-16-31(39)22-23-34-30(24-29-26-36-28(25-35(29)34)15-14-21-37(36)41-4)27-38(2,3)42(40,32-17-10-7-11-18-32)33-19-12-8-13-20-33/h7-8,10-15,17-21,29-31,34-35,39-40H,5-6,9,16,22-27H2,1-4H3/t29-,30+,31+,34+,35+/m1/s1. The van der Waals surface area contributed by atoms with E-state index in [2.05, 4.69) is 87.5 Å². The van der Waals surface area contributed by atoms with Gasteiger partial charge in [-0.1, -0.05) is 113 Å². The first-order chi connectivity index (χ1) is 20.3. The van der Waals surface area contributed by atoms with Crippen LogP contribution >= 0.6 is 0 Å². The van der Waals surface area contributed by atoms with Gasteiger partial charge < -0.3 is 14.6 Å². The van der Waals surface area contributed by atoms with Crippen molar-refractivity contribution in [2.45, 2.75) is 96.1 Å². The van der Waals surface area contributed by atoms with Crippen molar-refractivity contribution in [1.82, 2.24) is 0 Å². The molecule has 3 aromatic rings. The van der Waals surface area contributed by atoms with Crippen molar-refractivity contribution in [3.63, 3.8) is 0 Å². The van der Waals surface area contributed by atoms with E-state index in [0.717, 1.165) is 61.1 Å². The van der Waals surface area contributed by atoms with E-state index in [0.29, 0.717) is 23.7 Å². The summed E-state index contributed by atoms with van der Waals surface area (Å²) in [4.78, 5) is 12.9. The molecule has 42 heavy (non-hydrogen) atoms. The molecule has 5 rings (SSSR count). The van der Waals surface area contributed by atoms with Gasteiger partial charge in [0, 0.05) is 0 Å². The van der Waals surface area contributed by atoms with Gasteiger partial charge in [-0.25, -0.2) is 0 Å². The number of rotatable bonds is 13. The van der Waals surface area contributed by atoms with Gasteiger partial charge in [0.2, 0.25) is 0 Å². The molecule has 0 aromatic heterocycles. The Morgan fingerprint density at radius 3 is 2.17 bits per heavy atom. The first kappa shape index (κ1) is 31.0. The molecule has 1 fully saturated rings. The van der Waals surface area contributed by atoms with Gasteiger partial charge >= 0.3 is 0 Å². The van der Waals surface area contributed by atoms with Gasteiger partial charge in [0.25, 0.3) is 8.32 Å². The summed E-state index contributed by atoms with van der Waals surface area (Å²) in [6, 6.07) is 27.5. The molecule has 3 aromatic carbocycles. The van der Waals surface area contributed by atoms with Crippen molar-refractivity contribution < 1.29 is 14.6 Å². The molecule has 0 radical (unpaired) electrons. The van der Waals surface area contributed by atoms with Crippen molar-refractivity contribution in [2.24, 2.45) is 23.7 Å². The molecule has 0 unspecified atom stereocenters. The van der Waals surface area contributed by atoms with Gasteiger partial charge in [-0.15, -0.1) is 0 Å². The summed E-state index contributed by atoms with van der Waals surface area (Å²) in [5, 5.41) is 12.9. The van der Waals surface area contributed by atoms with E-state index in [1.165, 1.54) is 30.4 Å². The summed E-state index contributed by atoms with van der Waals surface area (Å²) in [5.74, 6) is 3.35. The molecule has 2 aliphatic rings. The Morgan fingerprint density at radius 2 is 1.55 bits per heavy atom. The van der Waals surface area contributed by atoms with Crippen LogP contribution in [-0.4, -0.2) is 31.4 Å². The largest absolute Gasteiger partial charge is 0.496 e. The highest BCUT2D eigenvalue weighted by Gasteiger charge is 2.54. The molecular formula is C38H52O3Si. The maximum absolute atomic E-state index is 12.9. The number of aliphatic hydroxyl groups excluding tert-OH is 1. The fourth-order valence-corrected chi connectivity index (χ4v) is 12.5. The summed E-state index contributed by atoms with van der Waals surface area (Å²) < 4.78 is 5.80. The van der Waals surface area contributed by atoms with Gasteiger partial charge in [-0.2, -0.15) is 0 Å². The number of methoxy groups -OCH3 is 1. The molecule has 2 N–H and O–H groups in total. The van der Waals surface area contributed by atoms with Crippen LogP contribution in [0.3, 0.4) is 0 Å².